The lowest BCUT2D eigenvalue weighted by molar-refractivity contribution is 0.0696. The molecule has 1 heterocycles. The van der Waals surface area contributed by atoms with Crippen molar-refractivity contribution in [1.82, 2.24) is 0 Å². The van der Waals surface area contributed by atoms with Gasteiger partial charge < -0.3 is 19.7 Å². The van der Waals surface area contributed by atoms with Crippen LogP contribution in [0.5, 0.6) is 5.75 Å². The number of carbonyl (C=O) groups is 2. The van der Waals surface area contributed by atoms with Gasteiger partial charge in [0.1, 0.15) is 17.1 Å². The largest absolute Gasteiger partial charge is 0.507 e. The van der Waals surface area contributed by atoms with Crippen LogP contribution in [0.25, 0.3) is 44.2 Å². The zero-order chi connectivity index (χ0) is 22.6. The molecular weight excluding hydrogens is 412 g/mol. The highest BCUT2D eigenvalue weighted by Crippen LogP contribution is 2.44. The lowest BCUT2D eigenvalue weighted by Gasteiger charge is -2.18. The van der Waals surface area contributed by atoms with Gasteiger partial charge in [-0.05, 0) is 47.3 Å². The number of carboxylic acid groups (broad SMARTS) is 2. The first-order valence-electron chi connectivity index (χ1n) is 9.57. The van der Waals surface area contributed by atoms with Crippen molar-refractivity contribution < 1.29 is 29.3 Å². The van der Waals surface area contributed by atoms with E-state index in [0.29, 0.717) is 27.3 Å². The number of hydrogen-bond donors (Lipinski definition) is 3. The highest BCUT2D eigenvalue weighted by Gasteiger charge is 2.24. The van der Waals surface area contributed by atoms with Gasteiger partial charge in [0.2, 0.25) is 0 Å². The van der Waals surface area contributed by atoms with Gasteiger partial charge in [-0.1, -0.05) is 24.3 Å². The Morgan fingerprint density at radius 2 is 1.59 bits per heavy atom. The molecule has 0 atom stereocenters. The number of fused-ring (bicyclic) bond motifs is 4. The quantitative estimate of drug-likeness (QED) is 0.279. The third kappa shape index (κ3) is 2.87. The molecule has 0 amide bonds. The normalized spacial score (nSPS) is 11.2. The number of phenolic OH excluding ortho intramolecular Hbond substituents is 1. The first kappa shape index (κ1) is 19.3. The van der Waals surface area contributed by atoms with Crippen LogP contribution in [-0.4, -0.2) is 27.3 Å². The Bertz CT molecular complexity index is 1610. The van der Waals surface area contributed by atoms with Crippen LogP contribution in [0.3, 0.4) is 0 Å². The van der Waals surface area contributed by atoms with Crippen molar-refractivity contribution in [3.05, 3.63) is 88.1 Å². The summed E-state index contributed by atoms with van der Waals surface area (Å²) in [6.07, 6.45) is 0. The maximum atomic E-state index is 12.1. The molecule has 0 radical (unpaired) electrons. The fourth-order valence-corrected chi connectivity index (χ4v) is 4.04. The van der Waals surface area contributed by atoms with Crippen LogP contribution in [-0.2, 0) is 0 Å². The van der Waals surface area contributed by atoms with E-state index in [1.165, 1.54) is 30.3 Å². The summed E-state index contributed by atoms with van der Waals surface area (Å²) in [5, 5.41) is 31.3. The number of hydrogen-bond acceptors (Lipinski definition) is 5. The molecule has 0 saturated heterocycles. The minimum Gasteiger partial charge on any atom is -0.507 e. The Morgan fingerprint density at radius 3 is 2.34 bits per heavy atom. The lowest BCUT2D eigenvalue weighted by Crippen LogP contribution is -2.06. The van der Waals surface area contributed by atoms with E-state index in [4.69, 9.17) is 4.42 Å². The highest BCUT2D eigenvalue weighted by molar-refractivity contribution is 6.16. The summed E-state index contributed by atoms with van der Waals surface area (Å²) >= 11 is 0. The van der Waals surface area contributed by atoms with Gasteiger partial charge in [-0.3, -0.25) is 4.79 Å². The average molecular weight is 426 g/mol. The molecule has 2 aliphatic rings. The molecule has 1 aliphatic carbocycles. The summed E-state index contributed by atoms with van der Waals surface area (Å²) in [7, 11) is 0. The maximum absolute atomic E-state index is 12.1. The summed E-state index contributed by atoms with van der Waals surface area (Å²) in [6, 6.07) is 16.6. The molecule has 3 aromatic carbocycles. The Labute approximate surface area is 179 Å². The van der Waals surface area contributed by atoms with Gasteiger partial charge in [0.25, 0.3) is 0 Å². The molecule has 5 rings (SSSR count). The Balaban J connectivity index is 2.01. The van der Waals surface area contributed by atoms with Gasteiger partial charge in [0.05, 0.1) is 16.5 Å². The summed E-state index contributed by atoms with van der Waals surface area (Å²) in [5.41, 5.74) is 0.829. The third-order valence-corrected chi connectivity index (χ3v) is 5.45. The van der Waals surface area contributed by atoms with Gasteiger partial charge in [0, 0.05) is 22.6 Å². The Hall–Kier alpha value is -4.65. The second-order valence-corrected chi connectivity index (χ2v) is 7.32. The van der Waals surface area contributed by atoms with E-state index in [0.717, 1.165) is 6.07 Å². The van der Waals surface area contributed by atoms with Gasteiger partial charge >= 0.3 is 11.9 Å². The van der Waals surface area contributed by atoms with E-state index in [1.54, 1.807) is 30.3 Å². The minimum atomic E-state index is -1.30. The molecule has 7 nitrogen and oxygen atoms in total. The summed E-state index contributed by atoms with van der Waals surface area (Å²) in [5.74, 6) is -2.35. The molecule has 32 heavy (non-hydrogen) atoms. The average Bonchev–Trinajstić information content (AvgIpc) is 2.76. The fourth-order valence-electron chi connectivity index (χ4n) is 4.04. The van der Waals surface area contributed by atoms with Crippen molar-refractivity contribution in [2.75, 3.05) is 0 Å². The topological polar surface area (TPSA) is 125 Å². The number of phenols is 1. The van der Waals surface area contributed by atoms with Gasteiger partial charge in [0.15, 0.2) is 5.43 Å². The van der Waals surface area contributed by atoms with E-state index in [2.05, 4.69) is 0 Å². The second kappa shape index (κ2) is 6.95. The van der Waals surface area contributed by atoms with Crippen LogP contribution >= 0.6 is 0 Å². The second-order valence-electron chi connectivity index (χ2n) is 7.32. The van der Waals surface area contributed by atoms with Crippen molar-refractivity contribution in [3.8, 4) is 28.2 Å². The monoisotopic (exact) mass is 426 g/mol. The molecule has 3 aromatic rings. The molecule has 1 aliphatic heterocycles. The molecule has 3 N–H and O–H groups in total. The predicted octanol–water partition coefficient (Wildman–Crippen LogP) is 4.82. The van der Waals surface area contributed by atoms with Gasteiger partial charge in [-0.25, -0.2) is 9.59 Å². The molecule has 0 saturated carbocycles. The van der Waals surface area contributed by atoms with Crippen molar-refractivity contribution in [1.29, 1.82) is 0 Å². The van der Waals surface area contributed by atoms with Crippen LogP contribution in [0.4, 0.5) is 0 Å². The van der Waals surface area contributed by atoms with Gasteiger partial charge in [-0.15, -0.1) is 0 Å². The van der Waals surface area contributed by atoms with Crippen molar-refractivity contribution in [3.63, 3.8) is 0 Å². The van der Waals surface area contributed by atoms with Crippen molar-refractivity contribution >= 4 is 33.7 Å². The van der Waals surface area contributed by atoms with Crippen LogP contribution in [0.2, 0.25) is 0 Å². The minimum absolute atomic E-state index is 0.0277. The third-order valence-electron chi connectivity index (χ3n) is 5.45. The SMILES string of the molecule is O=C(O)c1ccc(-c2c3ccc(=O)cc-3oc3c2ccc2cccc(O)c23)c(C(=O)O)c1. The van der Waals surface area contributed by atoms with Crippen LogP contribution in [0.1, 0.15) is 20.7 Å². The zero-order valence-electron chi connectivity index (χ0n) is 16.3. The van der Waals surface area contributed by atoms with Crippen molar-refractivity contribution in [2.45, 2.75) is 0 Å². The number of aromatic hydroxyl groups is 1. The number of carboxylic acids is 2. The Morgan fingerprint density at radius 1 is 0.812 bits per heavy atom. The first-order chi connectivity index (χ1) is 15.3. The lowest BCUT2D eigenvalue weighted by atomic mass is 9.89. The van der Waals surface area contributed by atoms with Crippen LogP contribution in [0, 0.1) is 0 Å². The first-order valence-corrected chi connectivity index (χ1v) is 9.57. The van der Waals surface area contributed by atoms with E-state index in [9.17, 15) is 29.7 Å². The molecular formula is C25H14O7. The molecule has 0 spiro atoms. The number of rotatable bonds is 3. The smallest absolute Gasteiger partial charge is 0.336 e. The van der Waals surface area contributed by atoms with E-state index < -0.39 is 11.9 Å². The van der Waals surface area contributed by atoms with Gasteiger partial charge in [-0.2, -0.15) is 0 Å². The van der Waals surface area contributed by atoms with Crippen LogP contribution in [0.15, 0.2) is 75.9 Å². The summed E-state index contributed by atoms with van der Waals surface area (Å²) in [6.45, 7) is 0. The van der Waals surface area contributed by atoms with E-state index in [1.807, 2.05) is 0 Å². The molecule has 7 heteroatoms. The van der Waals surface area contributed by atoms with Crippen molar-refractivity contribution in [2.24, 2.45) is 0 Å². The van der Waals surface area contributed by atoms with Crippen LogP contribution < -0.4 is 5.43 Å². The number of benzene rings is 4. The zero-order valence-corrected chi connectivity index (χ0v) is 16.3. The predicted molar refractivity (Wildman–Crippen MR) is 118 cm³/mol. The van der Waals surface area contributed by atoms with E-state index >= 15 is 0 Å². The van der Waals surface area contributed by atoms with E-state index in [-0.39, 0.29) is 39.2 Å². The highest BCUT2D eigenvalue weighted by atomic mass is 16.4. The molecule has 0 aromatic heterocycles. The molecule has 0 fully saturated rings. The Kier molecular flexibility index (Phi) is 4.20. The summed E-state index contributed by atoms with van der Waals surface area (Å²) in [4.78, 5) is 35.5. The standard InChI is InChI=1S/C25H14O7/c26-14-6-9-16-20(11-14)32-23-17(8-4-12-2-1-3-19(27)21(12)23)22(16)15-7-5-13(24(28)29)10-18(15)25(30)31/h1-11,27H,(H,28,29)(H,30,31). The number of aromatic carboxylic acids is 2. The maximum Gasteiger partial charge on any atom is 0.336 e. The summed E-state index contributed by atoms with van der Waals surface area (Å²) < 4.78 is 6.04. The molecule has 156 valence electrons. The molecule has 0 unspecified atom stereocenters. The molecule has 0 bridgehead atoms. The fraction of sp³-hybridized carbons (Fsp3) is 0.